The van der Waals surface area contributed by atoms with Crippen LogP contribution in [0.25, 0.3) is 12.2 Å². The summed E-state index contributed by atoms with van der Waals surface area (Å²) < 4.78 is 0. The number of nitrogens with one attached hydrogen (secondary N) is 1. The lowest BCUT2D eigenvalue weighted by atomic mass is 10.2. The highest BCUT2D eigenvalue weighted by Crippen LogP contribution is 2.10. The molecule has 3 rings (SSSR count). The van der Waals surface area contributed by atoms with Crippen molar-refractivity contribution >= 4 is 36.4 Å². The van der Waals surface area contributed by atoms with Crippen molar-refractivity contribution in [2.75, 3.05) is 26.2 Å². The molecule has 1 fully saturated rings. The molecular formula is C22H25ClN4O3. The summed E-state index contributed by atoms with van der Waals surface area (Å²) in [7, 11) is 0. The number of carbonyl (C=O) groups excluding carboxylic acids is 2. The molecule has 2 amide bonds. The first-order valence-electron chi connectivity index (χ1n) is 9.46. The number of carbonyl (C=O) groups is 2. The molecule has 1 aromatic heterocycles. The minimum Gasteiger partial charge on any atom is -0.337 e. The average Bonchev–Trinajstić information content (AvgIpc) is 2.77. The van der Waals surface area contributed by atoms with Crippen LogP contribution in [0.15, 0.2) is 60.7 Å². The second-order valence-corrected chi connectivity index (χ2v) is 6.72. The standard InChI is InChI=1S/C22H24N4O3.ClH/c27-21(24-29)11-9-19-7-4-8-20(23-19)10-12-22(28)26-15-13-25(14-16-26)17-18-5-2-1-3-6-18;/h1-12,29H,13-17H2,(H,24,27);1H/b11-9+,12-10+;. The summed E-state index contributed by atoms with van der Waals surface area (Å²) in [5.74, 6) is -0.666. The van der Waals surface area contributed by atoms with E-state index in [4.69, 9.17) is 5.21 Å². The molecule has 1 saturated heterocycles. The van der Waals surface area contributed by atoms with Gasteiger partial charge < -0.3 is 4.90 Å². The number of hydrogen-bond donors (Lipinski definition) is 2. The molecule has 0 bridgehead atoms. The average molecular weight is 429 g/mol. The Hall–Kier alpha value is -3.00. The van der Waals surface area contributed by atoms with Gasteiger partial charge >= 0.3 is 0 Å². The Morgan fingerprint density at radius 1 is 0.933 bits per heavy atom. The molecule has 1 aliphatic rings. The monoisotopic (exact) mass is 428 g/mol. The van der Waals surface area contributed by atoms with Crippen molar-refractivity contribution in [3.05, 3.63) is 77.6 Å². The summed E-state index contributed by atoms with van der Waals surface area (Å²) in [6.45, 7) is 3.99. The van der Waals surface area contributed by atoms with Gasteiger partial charge in [0.15, 0.2) is 0 Å². The Balaban J connectivity index is 0.00000320. The van der Waals surface area contributed by atoms with Crippen LogP contribution < -0.4 is 5.48 Å². The number of piperazine rings is 1. The summed E-state index contributed by atoms with van der Waals surface area (Å²) in [4.78, 5) is 32.0. The first kappa shape index (κ1) is 23.3. The number of hydroxylamine groups is 1. The Morgan fingerprint density at radius 3 is 2.20 bits per heavy atom. The zero-order chi connectivity index (χ0) is 20.5. The predicted molar refractivity (Wildman–Crippen MR) is 118 cm³/mol. The van der Waals surface area contributed by atoms with Gasteiger partial charge in [-0.05, 0) is 29.8 Å². The van der Waals surface area contributed by atoms with E-state index in [1.807, 2.05) is 23.1 Å². The second-order valence-electron chi connectivity index (χ2n) is 6.72. The molecule has 0 unspecified atom stereocenters. The SMILES string of the molecule is Cl.O=C(/C=C/c1cccc(/C=C/C(=O)N2CCN(Cc3ccccc3)CC2)n1)NO. The highest BCUT2D eigenvalue weighted by atomic mass is 35.5. The van der Waals surface area contributed by atoms with Crippen LogP contribution in [0.2, 0.25) is 0 Å². The lowest BCUT2D eigenvalue weighted by Crippen LogP contribution is -2.47. The van der Waals surface area contributed by atoms with Gasteiger partial charge in [-0.2, -0.15) is 0 Å². The summed E-state index contributed by atoms with van der Waals surface area (Å²) in [6.07, 6.45) is 5.86. The third-order valence-electron chi connectivity index (χ3n) is 4.64. The molecule has 0 atom stereocenters. The fourth-order valence-electron chi connectivity index (χ4n) is 3.08. The van der Waals surface area contributed by atoms with Crippen molar-refractivity contribution in [3.8, 4) is 0 Å². The molecule has 2 N–H and O–H groups in total. The molecule has 158 valence electrons. The molecular weight excluding hydrogens is 404 g/mol. The van der Waals surface area contributed by atoms with E-state index in [1.54, 1.807) is 24.3 Å². The maximum Gasteiger partial charge on any atom is 0.267 e. The molecule has 0 radical (unpaired) electrons. The number of rotatable bonds is 6. The van der Waals surface area contributed by atoms with E-state index in [0.29, 0.717) is 24.5 Å². The maximum absolute atomic E-state index is 12.5. The Bertz CT molecular complexity index is 894. The molecule has 0 spiro atoms. The second kappa shape index (κ2) is 11.9. The Labute approximate surface area is 182 Å². The smallest absolute Gasteiger partial charge is 0.267 e. The summed E-state index contributed by atoms with van der Waals surface area (Å²) in [6, 6.07) is 15.6. The number of benzene rings is 1. The number of aromatic nitrogens is 1. The highest BCUT2D eigenvalue weighted by Gasteiger charge is 2.19. The van der Waals surface area contributed by atoms with Gasteiger partial charge in [0.1, 0.15) is 0 Å². The molecule has 2 heterocycles. The number of halogens is 1. The fraction of sp³-hybridized carbons (Fsp3) is 0.227. The van der Waals surface area contributed by atoms with Crippen molar-refractivity contribution in [3.63, 3.8) is 0 Å². The number of pyridine rings is 1. The molecule has 30 heavy (non-hydrogen) atoms. The third kappa shape index (κ3) is 7.11. The van der Waals surface area contributed by atoms with Crippen molar-refractivity contribution in [2.24, 2.45) is 0 Å². The normalized spacial score (nSPS) is 14.6. The van der Waals surface area contributed by atoms with Crippen LogP contribution in [0.4, 0.5) is 0 Å². The minimum atomic E-state index is -0.630. The molecule has 7 nitrogen and oxygen atoms in total. The quantitative estimate of drug-likeness (QED) is 0.419. The molecule has 0 saturated carbocycles. The number of amides is 2. The molecule has 1 aliphatic heterocycles. The zero-order valence-corrected chi connectivity index (χ0v) is 17.3. The van der Waals surface area contributed by atoms with E-state index < -0.39 is 5.91 Å². The lowest BCUT2D eigenvalue weighted by molar-refractivity contribution is -0.127. The van der Waals surface area contributed by atoms with Gasteiger partial charge in [0, 0.05) is 44.9 Å². The van der Waals surface area contributed by atoms with Gasteiger partial charge in [-0.3, -0.25) is 19.7 Å². The highest BCUT2D eigenvalue weighted by molar-refractivity contribution is 5.92. The van der Waals surface area contributed by atoms with Crippen molar-refractivity contribution in [2.45, 2.75) is 6.54 Å². The van der Waals surface area contributed by atoms with Gasteiger partial charge in [0.05, 0.1) is 11.4 Å². The lowest BCUT2D eigenvalue weighted by Gasteiger charge is -2.34. The largest absolute Gasteiger partial charge is 0.337 e. The Kier molecular flexibility index (Phi) is 9.21. The van der Waals surface area contributed by atoms with Crippen LogP contribution >= 0.6 is 12.4 Å². The predicted octanol–water partition coefficient (Wildman–Crippen LogP) is 2.38. The van der Waals surface area contributed by atoms with E-state index in [-0.39, 0.29) is 18.3 Å². The van der Waals surface area contributed by atoms with E-state index in [9.17, 15) is 9.59 Å². The van der Waals surface area contributed by atoms with Gasteiger partial charge in [-0.1, -0.05) is 36.4 Å². The van der Waals surface area contributed by atoms with Gasteiger partial charge in [0.25, 0.3) is 5.91 Å². The zero-order valence-electron chi connectivity index (χ0n) is 16.5. The number of hydrogen-bond acceptors (Lipinski definition) is 5. The third-order valence-corrected chi connectivity index (χ3v) is 4.64. The first-order chi connectivity index (χ1) is 14.1. The van der Waals surface area contributed by atoms with Gasteiger partial charge in [-0.25, -0.2) is 10.5 Å². The van der Waals surface area contributed by atoms with E-state index in [0.717, 1.165) is 19.6 Å². The summed E-state index contributed by atoms with van der Waals surface area (Å²) in [5, 5.41) is 8.50. The summed E-state index contributed by atoms with van der Waals surface area (Å²) >= 11 is 0. The number of nitrogens with zero attached hydrogens (tertiary/aromatic N) is 3. The van der Waals surface area contributed by atoms with Gasteiger partial charge in [-0.15, -0.1) is 12.4 Å². The van der Waals surface area contributed by atoms with E-state index >= 15 is 0 Å². The maximum atomic E-state index is 12.5. The minimum absolute atomic E-state index is 0. The Morgan fingerprint density at radius 2 is 1.57 bits per heavy atom. The summed E-state index contributed by atoms with van der Waals surface area (Å²) in [5.41, 5.74) is 3.97. The molecule has 1 aromatic carbocycles. The van der Waals surface area contributed by atoms with Gasteiger partial charge in [0.2, 0.25) is 5.91 Å². The van der Waals surface area contributed by atoms with Crippen LogP contribution in [0, 0.1) is 0 Å². The van der Waals surface area contributed by atoms with Crippen LogP contribution in [0.5, 0.6) is 0 Å². The molecule has 8 heteroatoms. The van der Waals surface area contributed by atoms with E-state index in [1.165, 1.54) is 29.3 Å². The molecule has 0 aliphatic carbocycles. The van der Waals surface area contributed by atoms with Crippen LogP contribution in [0.3, 0.4) is 0 Å². The first-order valence-corrected chi connectivity index (χ1v) is 9.46. The van der Waals surface area contributed by atoms with Crippen LogP contribution in [-0.2, 0) is 16.1 Å². The van der Waals surface area contributed by atoms with Crippen molar-refractivity contribution in [1.82, 2.24) is 20.3 Å². The topological polar surface area (TPSA) is 85.8 Å². The van der Waals surface area contributed by atoms with Crippen molar-refractivity contribution < 1.29 is 14.8 Å². The van der Waals surface area contributed by atoms with Crippen LogP contribution in [-0.4, -0.2) is 58.0 Å². The fourth-order valence-corrected chi connectivity index (χ4v) is 3.08. The van der Waals surface area contributed by atoms with E-state index in [2.05, 4.69) is 22.0 Å². The molecule has 2 aromatic rings. The van der Waals surface area contributed by atoms with Crippen molar-refractivity contribution in [1.29, 1.82) is 0 Å². The van der Waals surface area contributed by atoms with Crippen LogP contribution in [0.1, 0.15) is 17.0 Å².